The van der Waals surface area contributed by atoms with Crippen molar-refractivity contribution in [2.75, 3.05) is 6.61 Å². The van der Waals surface area contributed by atoms with Gasteiger partial charge in [0.1, 0.15) is 0 Å². The van der Waals surface area contributed by atoms with Crippen LogP contribution in [-0.2, 0) is 18.7 Å². The number of para-hydroxylation sites is 1. The molecule has 7 heteroatoms. The number of benzene rings is 2. The Morgan fingerprint density at radius 3 is 2.66 bits per heavy atom. The molecule has 0 fully saturated rings. The number of aliphatic hydroxyl groups excluding tert-OH is 1. The molecule has 4 aromatic rings. The molecule has 0 amide bonds. The predicted octanol–water partition coefficient (Wildman–Crippen LogP) is 4.12. The Balaban J connectivity index is 1.54. The first-order valence-electron chi connectivity index (χ1n) is 9.45. The molecule has 0 spiro atoms. The summed E-state index contributed by atoms with van der Waals surface area (Å²) < 4.78 is 1.67. The lowest BCUT2D eigenvalue weighted by Crippen LogP contribution is -2.24. The maximum Gasteiger partial charge on any atom is 0.262 e. The molecule has 148 valence electrons. The minimum absolute atomic E-state index is 0.0400. The summed E-state index contributed by atoms with van der Waals surface area (Å²) in [7, 11) is 0. The van der Waals surface area contributed by atoms with E-state index in [0.29, 0.717) is 34.8 Å². The normalized spacial score (nSPS) is 11.2. The van der Waals surface area contributed by atoms with Crippen LogP contribution >= 0.6 is 23.1 Å². The summed E-state index contributed by atoms with van der Waals surface area (Å²) in [4.78, 5) is 22.3. The second-order valence-corrected chi connectivity index (χ2v) is 8.51. The van der Waals surface area contributed by atoms with Gasteiger partial charge in [0.15, 0.2) is 5.16 Å². The quantitative estimate of drug-likeness (QED) is 0.341. The summed E-state index contributed by atoms with van der Waals surface area (Å²) in [6.45, 7) is 0.490. The van der Waals surface area contributed by atoms with E-state index >= 15 is 0 Å². The molecule has 0 saturated heterocycles. The third kappa shape index (κ3) is 4.75. The highest BCUT2D eigenvalue weighted by Gasteiger charge is 2.12. The van der Waals surface area contributed by atoms with Crippen molar-refractivity contribution < 1.29 is 5.11 Å². The van der Waals surface area contributed by atoms with Gasteiger partial charge in [0.25, 0.3) is 5.56 Å². The van der Waals surface area contributed by atoms with E-state index in [1.165, 1.54) is 17.3 Å². The van der Waals surface area contributed by atoms with Crippen LogP contribution in [0.2, 0.25) is 0 Å². The van der Waals surface area contributed by atoms with E-state index in [4.69, 9.17) is 9.97 Å². The van der Waals surface area contributed by atoms with Crippen molar-refractivity contribution in [1.29, 1.82) is 0 Å². The van der Waals surface area contributed by atoms with E-state index in [-0.39, 0.29) is 12.2 Å². The smallest absolute Gasteiger partial charge is 0.262 e. The number of thioether (sulfide) groups is 1. The average molecular weight is 424 g/mol. The first kappa shape index (κ1) is 19.8. The van der Waals surface area contributed by atoms with Gasteiger partial charge in [0, 0.05) is 30.7 Å². The zero-order valence-electron chi connectivity index (χ0n) is 15.8. The number of rotatable bonds is 8. The maximum atomic E-state index is 12.9. The Morgan fingerprint density at radius 2 is 1.83 bits per heavy atom. The van der Waals surface area contributed by atoms with Gasteiger partial charge in [-0.15, -0.1) is 11.3 Å². The molecule has 0 aliphatic carbocycles. The molecule has 2 aromatic carbocycles. The van der Waals surface area contributed by atoms with Crippen LogP contribution in [0.25, 0.3) is 10.9 Å². The molecule has 0 aliphatic rings. The topological polar surface area (TPSA) is 68.0 Å². The summed E-state index contributed by atoms with van der Waals surface area (Å²) in [5.41, 5.74) is 2.87. The summed E-state index contributed by atoms with van der Waals surface area (Å²) >= 11 is 3.17. The molecule has 5 nitrogen and oxygen atoms in total. The first-order valence-corrected chi connectivity index (χ1v) is 11.3. The zero-order chi connectivity index (χ0) is 20.1. The molecule has 29 heavy (non-hydrogen) atoms. The van der Waals surface area contributed by atoms with Crippen LogP contribution in [0, 0.1) is 0 Å². The van der Waals surface area contributed by atoms with E-state index in [0.717, 1.165) is 17.1 Å². The summed E-state index contributed by atoms with van der Waals surface area (Å²) in [6, 6.07) is 17.7. The average Bonchev–Trinajstić information content (AvgIpc) is 3.20. The molecule has 0 saturated carbocycles. The van der Waals surface area contributed by atoms with Crippen molar-refractivity contribution >= 4 is 34.0 Å². The molecule has 4 rings (SSSR count). The van der Waals surface area contributed by atoms with Gasteiger partial charge in [-0.2, -0.15) is 0 Å². The van der Waals surface area contributed by atoms with Crippen LogP contribution in [-0.4, -0.2) is 26.2 Å². The van der Waals surface area contributed by atoms with Crippen molar-refractivity contribution in [2.24, 2.45) is 0 Å². The Hall–Kier alpha value is -2.48. The first-order chi connectivity index (χ1) is 14.2. The number of thiazole rings is 1. The van der Waals surface area contributed by atoms with Crippen LogP contribution in [0.4, 0.5) is 0 Å². The number of aliphatic hydroxyl groups is 1. The molecule has 0 radical (unpaired) electrons. The van der Waals surface area contributed by atoms with Gasteiger partial charge in [-0.1, -0.05) is 54.2 Å². The monoisotopic (exact) mass is 423 g/mol. The Labute approximate surface area is 177 Å². The minimum atomic E-state index is -0.0606. The van der Waals surface area contributed by atoms with Crippen LogP contribution in [0.5, 0.6) is 0 Å². The van der Waals surface area contributed by atoms with E-state index in [1.54, 1.807) is 22.0 Å². The van der Waals surface area contributed by atoms with Gasteiger partial charge < -0.3 is 5.11 Å². The van der Waals surface area contributed by atoms with Crippen LogP contribution in [0.3, 0.4) is 0 Å². The Kier molecular flexibility index (Phi) is 6.39. The standard InChI is InChI=1S/C22H21N3O2S2/c26-12-6-11-25-21(27)18-9-4-5-10-19(18)24-22(25)29-15-17-14-28-20(23-17)13-16-7-2-1-3-8-16/h1-5,7-10,14,26H,6,11-13,15H2. The van der Waals surface area contributed by atoms with Gasteiger partial charge in [-0.05, 0) is 24.1 Å². The summed E-state index contributed by atoms with van der Waals surface area (Å²) in [5.74, 6) is 0.648. The van der Waals surface area contributed by atoms with Crippen molar-refractivity contribution in [3.05, 3.63) is 86.6 Å². The van der Waals surface area contributed by atoms with E-state index in [9.17, 15) is 9.90 Å². The highest BCUT2D eigenvalue weighted by molar-refractivity contribution is 7.98. The number of hydrogen-bond donors (Lipinski definition) is 1. The largest absolute Gasteiger partial charge is 0.396 e. The SMILES string of the molecule is O=c1c2ccccc2nc(SCc2csc(Cc3ccccc3)n2)n1CCCO. The molecule has 2 heterocycles. The maximum absolute atomic E-state index is 12.9. The van der Waals surface area contributed by atoms with Crippen LogP contribution in [0.15, 0.2) is 69.9 Å². The second-order valence-electron chi connectivity index (χ2n) is 6.63. The lowest BCUT2D eigenvalue weighted by Gasteiger charge is -2.12. The minimum Gasteiger partial charge on any atom is -0.396 e. The number of nitrogens with zero attached hydrogens (tertiary/aromatic N) is 3. The Bertz CT molecular complexity index is 1160. The summed E-state index contributed by atoms with van der Waals surface area (Å²) in [5, 5.41) is 13.6. The molecule has 2 aromatic heterocycles. The van der Waals surface area contributed by atoms with Crippen molar-refractivity contribution in [2.45, 2.75) is 30.3 Å². The molecular formula is C22H21N3O2S2. The van der Waals surface area contributed by atoms with E-state index in [1.807, 2.05) is 36.4 Å². The van der Waals surface area contributed by atoms with Gasteiger partial charge in [-0.25, -0.2) is 9.97 Å². The zero-order valence-corrected chi connectivity index (χ0v) is 17.5. The Morgan fingerprint density at radius 1 is 1.03 bits per heavy atom. The molecule has 0 atom stereocenters. The number of aromatic nitrogens is 3. The fourth-order valence-corrected chi connectivity index (χ4v) is 4.94. The molecule has 0 bridgehead atoms. The van der Waals surface area contributed by atoms with Gasteiger partial charge >= 0.3 is 0 Å². The lowest BCUT2D eigenvalue weighted by atomic mass is 10.2. The molecule has 0 unspecified atom stereocenters. The highest BCUT2D eigenvalue weighted by atomic mass is 32.2. The predicted molar refractivity (Wildman–Crippen MR) is 119 cm³/mol. The third-order valence-electron chi connectivity index (χ3n) is 4.51. The van der Waals surface area contributed by atoms with Gasteiger partial charge in [0.05, 0.1) is 21.6 Å². The third-order valence-corrected chi connectivity index (χ3v) is 6.42. The highest BCUT2D eigenvalue weighted by Crippen LogP contribution is 2.24. The molecule has 1 N–H and O–H groups in total. The van der Waals surface area contributed by atoms with Crippen molar-refractivity contribution in [3.63, 3.8) is 0 Å². The van der Waals surface area contributed by atoms with Crippen molar-refractivity contribution in [1.82, 2.24) is 14.5 Å². The molecule has 0 aliphatic heterocycles. The van der Waals surface area contributed by atoms with E-state index in [2.05, 4.69) is 17.5 Å². The fourth-order valence-electron chi connectivity index (χ4n) is 3.09. The fraction of sp³-hybridized carbons (Fsp3) is 0.227. The van der Waals surface area contributed by atoms with Gasteiger partial charge in [0.2, 0.25) is 0 Å². The van der Waals surface area contributed by atoms with Crippen LogP contribution < -0.4 is 5.56 Å². The van der Waals surface area contributed by atoms with Crippen molar-refractivity contribution in [3.8, 4) is 0 Å². The van der Waals surface area contributed by atoms with E-state index < -0.39 is 0 Å². The van der Waals surface area contributed by atoms with Crippen LogP contribution in [0.1, 0.15) is 22.7 Å². The summed E-state index contributed by atoms with van der Waals surface area (Å²) in [6.07, 6.45) is 1.34. The number of fused-ring (bicyclic) bond motifs is 1. The second kappa shape index (κ2) is 9.35. The number of hydrogen-bond acceptors (Lipinski definition) is 6. The van der Waals surface area contributed by atoms with Gasteiger partial charge in [-0.3, -0.25) is 9.36 Å². The molecular weight excluding hydrogens is 402 g/mol. The lowest BCUT2D eigenvalue weighted by molar-refractivity contribution is 0.276.